The summed E-state index contributed by atoms with van der Waals surface area (Å²) in [6.45, 7) is 6.39. The van der Waals surface area contributed by atoms with Crippen LogP contribution in [0.25, 0.3) is 22.5 Å². The molecule has 7 heteroatoms. The Morgan fingerprint density at radius 2 is 1.77 bits per heavy atom. The van der Waals surface area contributed by atoms with Gasteiger partial charge in [-0.2, -0.15) is 5.21 Å². The number of H-pyrrole nitrogens is 1. The summed E-state index contributed by atoms with van der Waals surface area (Å²) in [5.74, 6) is 1.58. The van der Waals surface area contributed by atoms with Crippen LogP contribution < -0.4 is 0 Å². The fourth-order valence-electron chi connectivity index (χ4n) is 3.50. The molecule has 7 nitrogen and oxygen atoms in total. The van der Waals surface area contributed by atoms with Crippen molar-refractivity contribution in [3.63, 3.8) is 0 Å². The smallest absolute Gasteiger partial charge is 0.205 e. The van der Waals surface area contributed by atoms with Crippen LogP contribution in [0.2, 0.25) is 0 Å². The monoisotopic (exact) mass is 402 g/mol. The summed E-state index contributed by atoms with van der Waals surface area (Å²) in [5, 5.41) is 24.8. The zero-order valence-electron chi connectivity index (χ0n) is 17.5. The highest BCUT2D eigenvalue weighted by Gasteiger charge is 2.21. The molecule has 0 saturated carbocycles. The van der Waals surface area contributed by atoms with E-state index in [2.05, 4.69) is 67.4 Å². The SMILES string of the molecule is CCCc1nc(C(C)(C)O)cn1Cc1ccc(-c2ccccc2-c2nn[nH]n2)cc1. The van der Waals surface area contributed by atoms with Gasteiger partial charge in [0.25, 0.3) is 0 Å². The number of benzene rings is 2. The number of nitrogens with one attached hydrogen (secondary N) is 1. The average molecular weight is 403 g/mol. The molecule has 2 N–H and O–H groups in total. The molecule has 0 fully saturated rings. The molecular formula is C23H26N6O. The van der Waals surface area contributed by atoms with Gasteiger partial charge in [-0.3, -0.25) is 0 Å². The molecule has 0 aliphatic carbocycles. The summed E-state index contributed by atoms with van der Waals surface area (Å²) in [6.07, 6.45) is 3.85. The molecule has 0 unspecified atom stereocenters. The maximum atomic E-state index is 10.3. The summed E-state index contributed by atoms with van der Waals surface area (Å²) >= 11 is 0. The predicted octanol–water partition coefficient (Wildman–Crippen LogP) is 3.96. The number of aliphatic hydroxyl groups is 1. The molecule has 0 atom stereocenters. The summed E-state index contributed by atoms with van der Waals surface area (Å²) < 4.78 is 2.14. The van der Waals surface area contributed by atoms with Crippen LogP contribution in [-0.2, 0) is 18.6 Å². The summed E-state index contributed by atoms with van der Waals surface area (Å²) in [6, 6.07) is 16.5. The predicted molar refractivity (Wildman–Crippen MR) is 116 cm³/mol. The van der Waals surface area contributed by atoms with Crippen molar-refractivity contribution in [1.82, 2.24) is 30.2 Å². The Kier molecular flexibility index (Phi) is 5.46. The largest absolute Gasteiger partial charge is 0.384 e. The van der Waals surface area contributed by atoms with Gasteiger partial charge in [-0.25, -0.2) is 4.98 Å². The number of imidazole rings is 1. The zero-order valence-corrected chi connectivity index (χ0v) is 17.5. The summed E-state index contributed by atoms with van der Waals surface area (Å²) in [7, 11) is 0. The molecule has 0 bridgehead atoms. The van der Waals surface area contributed by atoms with Gasteiger partial charge in [-0.05, 0) is 42.2 Å². The Hall–Kier alpha value is -3.32. The lowest BCUT2D eigenvalue weighted by molar-refractivity contribution is 0.0741. The highest BCUT2D eigenvalue weighted by Crippen LogP contribution is 2.30. The fourth-order valence-corrected chi connectivity index (χ4v) is 3.50. The first-order valence-corrected chi connectivity index (χ1v) is 10.2. The van der Waals surface area contributed by atoms with Crippen molar-refractivity contribution in [2.75, 3.05) is 0 Å². The zero-order chi connectivity index (χ0) is 21.1. The lowest BCUT2D eigenvalue weighted by atomic mass is 9.98. The van der Waals surface area contributed by atoms with Crippen molar-refractivity contribution < 1.29 is 5.11 Å². The molecule has 0 aliphatic rings. The molecule has 0 spiro atoms. The van der Waals surface area contributed by atoms with Gasteiger partial charge in [-0.1, -0.05) is 55.5 Å². The third kappa shape index (κ3) is 4.16. The van der Waals surface area contributed by atoms with Gasteiger partial charge in [0.15, 0.2) is 0 Å². The molecule has 2 aromatic carbocycles. The molecule has 4 aromatic rings. The Morgan fingerprint density at radius 1 is 1.03 bits per heavy atom. The summed E-state index contributed by atoms with van der Waals surface area (Å²) in [4.78, 5) is 4.66. The van der Waals surface area contributed by atoms with Crippen molar-refractivity contribution in [3.8, 4) is 22.5 Å². The Bertz CT molecular complexity index is 1110. The van der Waals surface area contributed by atoms with Gasteiger partial charge in [0.1, 0.15) is 11.4 Å². The van der Waals surface area contributed by atoms with Crippen molar-refractivity contribution in [1.29, 1.82) is 0 Å². The van der Waals surface area contributed by atoms with Gasteiger partial charge < -0.3 is 9.67 Å². The lowest BCUT2D eigenvalue weighted by Gasteiger charge is -2.13. The van der Waals surface area contributed by atoms with E-state index in [1.54, 1.807) is 13.8 Å². The number of hydrogen-bond acceptors (Lipinski definition) is 5. The average Bonchev–Trinajstić information content (AvgIpc) is 3.39. The first-order chi connectivity index (χ1) is 14.5. The maximum Gasteiger partial charge on any atom is 0.205 e. The van der Waals surface area contributed by atoms with E-state index < -0.39 is 5.60 Å². The number of hydrogen-bond donors (Lipinski definition) is 2. The number of aryl methyl sites for hydroxylation is 1. The quantitative estimate of drug-likeness (QED) is 0.488. The van der Waals surface area contributed by atoms with E-state index in [1.807, 2.05) is 24.4 Å². The topological polar surface area (TPSA) is 92.5 Å². The number of rotatable bonds is 7. The van der Waals surface area contributed by atoms with Crippen LogP contribution in [0.15, 0.2) is 54.7 Å². The van der Waals surface area contributed by atoms with E-state index in [0.717, 1.165) is 35.4 Å². The van der Waals surface area contributed by atoms with Crippen LogP contribution in [0, 0.1) is 0 Å². The molecule has 2 heterocycles. The minimum absolute atomic E-state index is 0.580. The number of aromatic nitrogens is 6. The standard InChI is InChI=1S/C23H26N6O/c1-4-7-21-24-20(23(2,3)30)15-29(21)14-16-10-12-17(13-11-16)18-8-5-6-9-19(18)22-25-27-28-26-22/h5-6,8-13,15,30H,4,7,14H2,1-3H3,(H,25,26,27,28). The van der Waals surface area contributed by atoms with Gasteiger partial charge in [0, 0.05) is 24.7 Å². The molecule has 2 aromatic heterocycles. The molecule has 4 rings (SSSR count). The second-order valence-corrected chi connectivity index (χ2v) is 7.96. The lowest BCUT2D eigenvalue weighted by Crippen LogP contribution is -2.15. The molecular weight excluding hydrogens is 376 g/mol. The molecule has 0 aliphatic heterocycles. The van der Waals surface area contributed by atoms with Gasteiger partial charge >= 0.3 is 0 Å². The Balaban J connectivity index is 1.61. The van der Waals surface area contributed by atoms with Gasteiger partial charge in [0.05, 0.1) is 5.69 Å². The molecule has 0 radical (unpaired) electrons. The number of nitrogens with zero attached hydrogens (tertiary/aromatic N) is 5. The van der Waals surface area contributed by atoms with E-state index >= 15 is 0 Å². The molecule has 0 saturated heterocycles. The van der Waals surface area contributed by atoms with Crippen molar-refractivity contribution in [3.05, 3.63) is 71.8 Å². The van der Waals surface area contributed by atoms with Gasteiger partial charge in [-0.15, -0.1) is 10.2 Å². The van der Waals surface area contributed by atoms with E-state index in [-0.39, 0.29) is 0 Å². The maximum absolute atomic E-state index is 10.3. The second kappa shape index (κ2) is 8.20. The highest BCUT2D eigenvalue weighted by atomic mass is 16.3. The van der Waals surface area contributed by atoms with Crippen LogP contribution in [0.3, 0.4) is 0 Å². The Morgan fingerprint density at radius 3 is 2.40 bits per heavy atom. The van der Waals surface area contributed by atoms with Gasteiger partial charge in [0.2, 0.25) is 5.82 Å². The fraction of sp³-hybridized carbons (Fsp3) is 0.304. The molecule has 0 amide bonds. The van der Waals surface area contributed by atoms with Crippen LogP contribution in [0.5, 0.6) is 0 Å². The number of aromatic amines is 1. The normalized spacial score (nSPS) is 11.7. The number of tetrazole rings is 1. The third-order valence-corrected chi connectivity index (χ3v) is 5.09. The minimum atomic E-state index is -0.948. The van der Waals surface area contributed by atoms with Crippen LogP contribution in [0.4, 0.5) is 0 Å². The van der Waals surface area contributed by atoms with Crippen LogP contribution in [-0.4, -0.2) is 35.3 Å². The Labute approximate surface area is 175 Å². The highest BCUT2D eigenvalue weighted by molar-refractivity contribution is 5.80. The van der Waals surface area contributed by atoms with E-state index in [4.69, 9.17) is 0 Å². The first-order valence-electron chi connectivity index (χ1n) is 10.2. The van der Waals surface area contributed by atoms with E-state index in [9.17, 15) is 5.11 Å². The molecule has 30 heavy (non-hydrogen) atoms. The minimum Gasteiger partial charge on any atom is -0.384 e. The van der Waals surface area contributed by atoms with E-state index in [1.165, 1.54) is 5.56 Å². The van der Waals surface area contributed by atoms with Crippen LogP contribution in [0.1, 0.15) is 44.3 Å². The van der Waals surface area contributed by atoms with Crippen molar-refractivity contribution in [2.45, 2.75) is 45.8 Å². The van der Waals surface area contributed by atoms with E-state index in [0.29, 0.717) is 18.1 Å². The van der Waals surface area contributed by atoms with Crippen molar-refractivity contribution >= 4 is 0 Å². The van der Waals surface area contributed by atoms with Crippen LogP contribution >= 0.6 is 0 Å². The third-order valence-electron chi connectivity index (χ3n) is 5.09. The summed E-state index contributed by atoms with van der Waals surface area (Å²) in [5.41, 5.74) is 4.02. The first kappa shape index (κ1) is 20.0. The second-order valence-electron chi connectivity index (χ2n) is 7.96. The van der Waals surface area contributed by atoms with Crippen molar-refractivity contribution in [2.24, 2.45) is 0 Å². The molecule has 154 valence electrons.